The summed E-state index contributed by atoms with van der Waals surface area (Å²) < 4.78 is 42.6. The van der Waals surface area contributed by atoms with Crippen LogP contribution in [-0.4, -0.2) is 40.8 Å². The molecule has 8 nitrogen and oxygen atoms in total. The topological polar surface area (TPSA) is 106 Å². The van der Waals surface area contributed by atoms with Gasteiger partial charge in [0.2, 0.25) is 11.9 Å². The fourth-order valence-electron chi connectivity index (χ4n) is 3.48. The first-order chi connectivity index (χ1) is 14.0. The van der Waals surface area contributed by atoms with Crippen molar-refractivity contribution >= 4 is 29.3 Å². The Balaban J connectivity index is 1.96. The number of halogens is 4. The van der Waals surface area contributed by atoms with E-state index >= 15 is 0 Å². The number of carbonyl (C=O) groups excluding carboxylic acids is 1. The van der Waals surface area contributed by atoms with E-state index in [1.54, 1.807) is 4.90 Å². The van der Waals surface area contributed by atoms with Crippen LogP contribution in [0, 0.1) is 13.8 Å². The number of hydrogen-bond acceptors (Lipinski definition) is 7. The molecule has 2 aromatic rings. The normalized spacial score (nSPS) is 15.8. The molecule has 2 aromatic heterocycles. The smallest absolute Gasteiger partial charge is 0.405 e. The van der Waals surface area contributed by atoms with E-state index in [1.165, 1.54) is 27.1 Å². The molecule has 0 unspecified atom stereocenters. The molecule has 30 heavy (non-hydrogen) atoms. The highest BCUT2D eigenvalue weighted by molar-refractivity contribution is 6.30. The lowest BCUT2D eigenvalue weighted by Gasteiger charge is -2.21. The fraction of sp³-hybridized carbons (Fsp3) is 0.444. The monoisotopic (exact) mass is 444 g/mol. The lowest BCUT2D eigenvalue weighted by Crippen LogP contribution is -2.26. The van der Waals surface area contributed by atoms with Crippen molar-refractivity contribution in [3.05, 3.63) is 33.7 Å². The molecule has 0 spiro atoms. The molecule has 1 aliphatic heterocycles. The van der Waals surface area contributed by atoms with Gasteiger partial charge in [-0.15, -0.1) is 13.2 Å². The summed E-state index contributed by atoms with van der Waals surface area (Å²) in [5, 5.41) is 2.70. The summed E-state index contributed by atoms with van der Waals surface area (Å²) in [6.07, 6.45) is -3.35. The Bertz CT molecular complexity index is 985. The van der Waals surface area contributed by atoms with Gasteiger partial charge in [-0.3, -0.25) is 9.78 Å². The number of carbonyl (C=O) groups is 1. The summed E-state index contributed by atoms with van der Waals surface area (Å²) >= 11 is 6.26. The molecular formula is C18H20ClF3N6O2. The number of nitrogens with two attached hydrogens (primary N) is 1. The highest BCUT2D eigenvalue weighted by atomic mass is 35.5. The molecule has 1 atom stereocenters. The number of rotatable bonds is 5. The summed E-state index contributed by atoms with van der Waals surface area (Å²) in [5.74, 6) is -0.384. The molecule has 3 N–H and O–H groups in total. The van der Waals surface area contributed by atoms with Gasteiger partial charge in [0.15, 0.2) is 0 Å². The van der Waals surface area contributed by atoms with Crippen molar-refractivity contribution < 1.29 is 22.7 Å². The lowest BCUT2D eigenvalue weighted by molar-refractivity contribution is -0.275. The van der Waals surface area contributed by atoms with E-state index in [9.17, 15) is 18.0 Å². The van der Waals surface area contributed by atoms with Gasteiger partial charge < -0.3 is 20.7 Å². The number of nitrogen functional groups attached to an aromatic ring is 1. The van der Waals surface area contributed by atoms with Crippen molar-refractivity contribution in [2.24, 2.45) is 0 Å². The van der Waals surface area contributed by atoms with Crippen molar-refractivity contribution in [3.63, 3.8) is 0 Å². The highest BCUT2D eigenvalue weighted by Gasteiger charge is 2.36. The third-order valence-corrected chi connectivity index (χ3v) is 5.15. The largest absolute Gasteiger partial charge is 0.573 e. The van der Waals surface area contributed by atoms with Crippen molar-refractivity contribution in [3.8, 4) is 5.75 Å². The van der Waals surface area contributed by atoms with Gasteiger partial charge in [-0.05, 0) is 13.8 Å². The zero-order valence-electron chi connectivity index (χ0n) is 16.5. The number of nitrogens with zero attached hydrogens (tertiary/aromatic N) is 4. The van der Waals surface area contributed by atoms with Crippen molar-refractivity contribution in [2.45, 2.75) is 39.1 Å². The lowest BCUT2D eigenvalue weighted by atomic mass is 10.0. The number of aryl methyl sites for hydroxylation is 1. The first-order valence-corrected chi connectivity index (χ1v) is 9.37. The Labute approximate surface area is 175 Å². The molecule has 162 valence electrons. The Hall–Kier alpha value is -2.82. The number of alkyl halides is 3. The molecule has 0 aliphatic carbocycles. The molecule has 12 heteroatoms. The van der Waals surface area contributed by atoms with Crippen molar-refractivity contribution in [2.75, 3.05) is 24.2 Å². The maximum Gasteiger partial charge on any atom is 0.573 e. The molecular weight excluding hydrogens is 425 g/mol. The molecule has 1 amide bonds. The van der Waals surface area contributed by atoms with Gasteiger partial charge in [0, 0.05) is 48.8 Å². The Kier molecular flexibility index (Phi) is 5.93. The van der Waals surface area contributed by atoms with E-state index in [2.05, 4.69) is 25.0 Å². The average molecular weight is 445 g/mol. The molecule has 1 aliphatic rings. The SMILES string of the molecule is CNC(=O)C[C@H]1CN(Cc2ncc(C)c(OC(F)(F)F)c2C)c2nc(N)nc(Cl)c21. The van der Waals surface area contributed by atoms with E-state index in [-0.39, 0.29) is 52.8 Å². The molecule has 0 fully saturated rings. The van der Waals surface area contributed by atoms with Gasteiger partial charge in [0.1, 0.15) is 16.7 Å². The van der Waals surface area contributed by atoms with Crippen LogP contribution in [0.1, 0.15) is 34.7 Å². The maximum absolute atomic E-state index is 12.8. The number of fused-ring (bicyclic) bond motifs is 1. The minimum atomic E-state index is -4.82. The Morgan fingerprint density at radius 1 is 1.40 bits per heavy atom. The predicted octanol–water partition coefficient (Wildman–Crippen LogP) is 2.86. The van der Waals surface area contributed by atoms with Crippen LogP contribution < -0.4 is 20.7 Å². The first-order valence-electron chi connectivity index (χ1n) is 8.99. The van der Waals surface area contributed by atoms with E-state index < -0.39 is 6.36 Å². The number of ether oxygens (including phenoxy) is 1. The van der Waals surface area contributed by atoms with Crippen LogP contribution in [0.5, 0.6) is 5.75 Å². The van der Waals surface area contributed by atoms with Crippen LogP contribution in [-0.2, 0) is 11.3 Å². The van der Waals surface area contributed by atoms with Crippen LogP contribution in [0.4, 0.5) is 24.9 Å². The summed E-state index contributed by atoms with van der Waals surface area (Å²) in [5.41, 5.74) is 7.21. The van der Waals surface area contributed by atoms with E-state index in [1.807, 2.05) is 0 Å². The fourth-order valence-corrected chi connectivity index (χ4v) is 3.81. The summed E-state index contributed by atoms with van der Waals surface area (Å²) in [6.45, 7) is 3.48. The zero-order chi connectivity index (χ0) is 22.2. The van der Waals surface area contributed by atoms with E-state index in [0.29, 0.717) is 23.6 Å². The zero-order valence-corrected chi connectivity index (χ0v) is 17.2. The highest BCUT2D eigenvalue weighted by Crippen LogP contribution is 2.42. The molecule has 3 rings (SSSR count). The number of anilines is 2. The van der Waals surface area contributed by atoms with Crippen LogP contribution in [0.2, 0.25) is 5.15 Å². The van der Waals surface area contributed by atoms with Crippen LogP contribution in [0.3, 0.4) is 0 Å². The third kappa shape index (κ3) is 4.50. The number of aromatic nitrogens is 3. The molecule has 0 radical (unpaired) electrons. The quantitative estimate of drug-likeness (QED) is 0.683. The van der Waals surface area contributed by atoms with Crippen LogP contribution in [0.25, 0.3) is 0 Å². The van der Waals surface area contributed by atoms with E-state index in [0.717, 1.165) is 0 Å². The van der Waals surface area contributed by atoms with Gasteiger partial charge in [-0.25, -0.2) is 4.98 Å². The standard InChI is InChI=1S/C18H20ClF3N6O2/c1-8-5-25-11(9(2)14(8)30-18(20,21)22)7-28-6-10(4-12(29)24-3)13-15(19)26-17(23)27-16(13)28/h5,10H,4,6-7H2,1-3H3,(H,24,29)(H2,23,26,27)/t10-/m0/s1. The minimum Gasteiger partial charge on any atom is -0.405 e. The number of pyridine rings is 1. The molecule has 0 saturated heterocycles. The van der Waals surface area contributed by atoms with Crippen molar-refractivity contribution in [1.82, 2.24) is 20.3 Å². The summed E-state index contributed by atoms with van der Waals surface area (Å²) in [7, 11) is 1.53. The van der Waals surface area contributed by atoms with Crippen molar-refractivity contribution in [1.29, 1.82) is 0 Å². The summed E-state index contributed by atoms with van der Waals surface area (Å²) in [4.78, 5) is 26.2. The minimum absolute atomic E-state index is 0.0426. The van der Waals surface area contributed by atoms with Gasteiger partial charge in [-0.1, -0.05) is 11.6 Å². The average Bonchev–Trinajstić information content (AvgIpc) is 2.97. The molecule has 3 heterocycles. The Morgan fingerprint density at radius 3 is 2.73 bits per heavy atom. The van der Waals surface area contributed by atoms with Gasteiger partial charge in [0.05, 0.1) is 12.2 Å². The molecule has 0 aromatic carbocycles. The van der Waals surface area contributed by atoms with E-state index in [4.69, 9.17) is 17.3 Å². The second kappa shape index (κ2) is 8.13. The maximum atomic E-state index is 12.8. The third-order valence-electron chi connectivity index (χ3n) is 4.86. The molecule has 0 bridgehead atoms. The molecule has 0 saturated carbocycles. The van der Waals surface area contributed by atoms with Crippen LogP contribution >= 0.6 is 11.6 Å². The number of hydrogen-bond donors (Lipinski definition) is 2. The number of amides is 1. The first kappa shape index (κ1) is 21.9. The Morgan fingerprint density at radius 2 is 2.10 bits per heavy atom. The second-order valence-electron chi connectivity index (χ2n) is 6.95. The van der Waals surface area contributed by atoms with Crippen LogP contribution in [0.15, 0.2) is 6.20 Å². The predicted molar refractivity (Wildman–Crippen MR) is 104 cm³/mol. The summed E-state index contributed by atoms with van der Waals surface area (Å²) in [6, 6.07) is 0. The second-order valence-corrected chi connectivity index (χ2v) is 7.31. The van der Waals surface area contributed by atoms with Gasteiger partial charge in [-0.2, -0.15) is 4.98 Å². The van der Waals surface area contributed by atoms with Gasteiger partial charge in [0.25, 0.3) is 0 Å². The number of nitrogens with one attached hydrogen (secondary N) is 1. The van der Waals surface area contributed by atoms with Gasteiger partial charge >= 0.3 is 6.36 Å².